The molecule has 200 valence electrons. The van der Waals surface area contributed by atoms with Crippen LogP contribution >= 0.6 is 0 Å². The van der Waals surface area contributed by atoms with Crippen LogP contribution in [-0.4, -0.2) is 73.2 Å². The average Bonchev–Trinajstić information content (AvgIpc) is 3.36. The van der Waals surface area contributed by atoms with Crippen LogP contribution in [0.2, 0.25) is 0 Å². The van der Waals surface area contributed by atoms with E-state index in [4.69, 9.17) is 5.73 Å². The molecule has 1 saturated heterocycles. The van der Waals surface area contributed by atoms with E-state index in [0.717, 1.165) is 18.3 Å². The van der Waals surface area contributed by atoms with E-state index in [-0.39, 0.29) is 23.6 Å². The Bertz CT molecular complexity index is 848. The van der Waals surface area contributed by atoms with Gasteiger partial charge >= 0.3 is 0 Å². The fourth-order valence-corrected chi connectivity index (χ4v) is 4.64. The van der Waals surface area contributed by atoms with Gasteiger partial charge in [0.05, 0.1) is 12.1 Å². The molecule has 0 radical (unpaired) electrons. The second-order valence-electron chi connectivity index (χ2n) is 9.95. The van der Waals surface area contributed by atoms with Crippen molar-refractivity contribution in [1.29, 1.82) is 0 Å². The van der Waals surface area contributed by atoms with Crippen molar-refractivity contribution in [2.45, 2.75) is 83.0 Å². The van der Waals surface area contributed by atoms with Crippen molar-refractivity contribution in [2.24, 2.45) is 11.7 Å². The highest BCUT2D eigenvalue weighted by molar-refractivity contribution is 5.94. The Balaban J connectivity index is 2.11. The van der Waals surface area contributed by atoms with Crippen LogP contribution in [0, 0.1) is 5.92 Å². The molecule has 9 heteroatoms. The fourth-order valence-electron chi connectivity index (χ4n) is 4.64. The maximum Gasteiger partial charge on any atom is 0.245 e. The quantitative estimate of drug-likeness (QED) is 0.210. The number of hydrogen-bond acceptors (Lipinski definition) is 6. The molecule has 2 rings (SSSR count). The lowest BCUT2D eigenvalue weighted by atomic mass is 10.0. The van der Waals surface area contributed by atoms with Gasteiger partial charge in [-0.05, 0) is 70.0 Å². The van der Waals surface area contributed by atoms with Crippen LogP contribution in [0.3, 0.4) is 0 Å². The Hall–Kier alpha value is -2.78. The molecule has 9 nitrogen and oxygen atoms in total. The lowest BCUT2D eigenvalue weighted by molar-refractivity contribution is -0.142. The Morgan fingerprint density at radius 1 is 1.11 bits per heavy atom. The van der Waals surface area contributed by atoms with Crippen molar-refractivity contribution in [3.05, 3.63) is 35.9 Å². The second kappa shape index (κ2) is 15.4. The van der Waals surface area contributed by atoms with Gasteiger partial charge in [-0.15, -0.1) is 0 Å². The molecule has 1 fully saturated rings. The smallest absolute Gasteiger partial charge is 0.245 e. The number of nitrogens with zero attached hydrogens (tertiary/aromatic N) is 1. The van der Waals surface area contributed by atoms with E-state index in [1.54, 1.807) is 11.9 Å². The third-order valence-electron chi connectivity index (χ3n) is 6.56. The number of carbonyl (C=O) groups is 4. The van der Waals surface area contributed by atoms with Crippen LogP contribution in [0.5, 0.6) is 0 Å². The monoisotopic (exact) mass is 501 g/mol. The minimum atomic E-state index is -0.749. The normalized spacial score (nSPS) is 17.9. The molecule has 3 amide bonds. The summed E-state index contributed by atoms with van der Waals surface area (Å²) in [5.74, 6) is -0.590. The summed E-state index contributed by atoms with van der Waals surface area (Å²) in [5.41, 5.74) is 6.67. The number of likely N-dealkylation sites (N-methyl/N-ethyl adjacent to an activating group) is 1. The number of aldehydes is 1. The molecule has 0 bridgehead atoms. The first-order chi connectivity index (χ1) is 17.3. The Kier molecular flexibility index (Phi) is 12.6. The highest BCUT2D eigenvalue weighted by atomic mass is 16.2. The van der Waals surface area contributed by atoms with Crippen LogP contribution in [0.25, 0.3) is 0 Å². The van der Waals surface area contributed by atoms with E-state index >= 15 is 0 Å². The number of nitrogens with one attached hydrogen (secondary N) is 3. The SMILES string of the molecule is CN[C@@H](Cc1ccccc1)C(=O)N[C@@H](CCCCN)C(=O)N1CCC[C@H]1C(=O)N[C@H](C=O)CC(C)C. The van der Waals surface area contributed by atoms with Gasteiger partial charge in [0.2, 0.25) is 17.7 Å². The summed E-state index contributed by atoms with van der Waals surface area (Å²) >= 11 is 0. The molecular formula is C27H43N5O4. The van der Waals surface area contributed by atoms with Crippen LogP contribution in [-0.2, 0) is 25.6 Å². The zero-order valence-electron chi connectivity index (χ0n) is 21.9. The van der Waals surface area contributed by atoms with Gasteiger partial charge in [-0.2, -0.15) is 0 Å². The van der Waals surface area contributed by atoms with Crippen molar-refractivity contribution in [2.75, 3.05) is 20.1 Å². The first-order valence-corrected chi connectivity index (χ1v) is 13.1. The Morgan fingerprint density at radius 2 is 1.83 bits per heavy atom. The van der Waals surface area contributed by atoms with Gasteiger partial charge in [-0.3, -0.25) is 14.4 Å². The number of carbonyl (C=O) groups excluding carboxylic acids is 4. The van der Waals surface area contributed by atoms with Crippen LogP contribution in [0.15, 0.2) is 30.3 Å². The Morgan fingerprint density at radius 3 is 2.44 bits per heavy atom. The standard InChI is InChI=1S/C27H43N5O4/c1-19(2)16-21(18-33)30-26(35)24-13-9-15-32(24)27(36)22(12-7-8-14-28)31-25(34)23(29-3)17-20-10-5-4-6-11-20/h4-6,10-11,18-19,21-24,29H,7-9,12-17,28H2,1-3H3,(H,30,35)(H,31,34)/t21-,22-,23-,24-/m0/s1. The number of benzene rings is 1. The lowest BCUT2D eigenvalue weighted by Gasteiger charge is -2.30. The summed E-state index contributed by atoms with van der Waals surface area (Å²) in [6, 6.07) is 7.21. The molecule has 1 aliphatic heterocycles. The van der Waals surface area contributed by atoms with Crippen molar-refractivity contribution in [3.8, 4) is 0 Å². The van der Waals surface area contributed by atoms with E-state index < -0.39 is 24.2 Å². The van der Waals surface area contributed by atoms with Gasteiger partial charge < -0.3 is 31.4 Å². The molecule has 0 aromatic heterocycles. The number of amides is 3. The summed E-state index contributed by atoms with van der Waals surface area (Å²) in [4.78, 5) is 52.8. The third kappa shape index (κ3) is 9.02. The summed E-state index contributed by atoms with van der Waals surface area (Å²) in [6.45, 7) is 4.91. The minimum Gasteiger partial charge on any atom is -0.345 e. The lowest BCUT2D eigenvalue weighted by Crippen LogP contribution is -2.56. The van der Waals surface area contributed by atoms with Gasteiger partial charge in [0.25, 0.3) is 0 Å². The molecule has 1 aromatic carbocycles. The minimum absolute atomic E-state index is 0.250. The van der Waals surface area contributed by atoms with Gasteiger partial charge in [0, 0.05) is 6.54 Å². The fraction of sp³-hybridized carbons (Fsp3) is 0.630. The molecule has 1 aromatic rings. The molecule has 0 unspecified atom stereocenters. The van der Waals surface area contributed by atoms with Gasteiger partial charge in [-0.1, -0.05) is 44.2 Å². The summed E-state index contributed by atoms with van der Waals surface area (Å²) < 4.78 is 0. The predicted molar refractivity (Wildman–Crippen MR) is 140 cm³/mol. The highest BCUT2D eigenvalue weighted by Gasteiger charge is 2.38. The topological polar surface area (TPSA) is 134 Å². The Labute approximate surface area is 214 Å². The van der Waals surface area contributed by atoms with Gasteiger partial charge in [0.1, 0.15) is 18.4 Å². The highest BCUT2D eigenvalue weighted by Crippen LogP contribution is 2.20. The molecular weight excluding hydrogens is 458 g/mol. The second-order valence-corrected chi connectivity index (χ2v) is 9.95. The van der Waals surface area contributed by atoms with Crippen LogP contribution in [0.1, 0.15) is 57.9 Å². The number of nitrogens with two attached hydrogens (primary N) is 1. The number of rotatable bonds is 15. The first-order valence-electron chi connectivity index (χ1n) is 13.1. The zero-order chi connectivity index (χ0) is 26.5. The average molecular weight is 502 g/mol. The van der Waals surface area contributed by atoms with E-state index in [1.807, 2.05) is 44.2 Å². The maximum atomic E-state index is 13.6. The van der Waals surface area contributed by atoms with Crippen molar-refractivity contribution < 1.29 is 19.2 Å². The zero-order valence-corrected chi connectivity index (χ0v) is 21.9. The number of unbranched alkanes of at least 4 members (excludes halogenated alkanes) is 1. The number of likely N-dealkylation sites (tertiary alicyclic amines) is 1. The van der Waals surface area contributed by atoms with Gasteiger partial charge in [-0.25, -0.2) is 0 Å². The molecule has 5 N–H and O–H groups in total. The molecule has 1 aliphatic rings. The van der Waals surface area contributed by atoms with Crippen molar-refractivity contribution >= 4 is 24.0 Å². The van der Waals surface area contributed by atoms with E-state index in [9.17, 15) is 19.2 Å². The van der Waals surface area contributed by atoms with Crippen molar-refractivity contribution in [1.82, 2.24) is 20.9 Å². The van der Waals surface area contributed by atoms with Gasteiger partial charge in [0.15, 0.2) is 0 Å². The van der Waals surface area contributed by atoms with E-state index in [1.165, 1.54) is 0 Å². The predicted octanol–water partition coefficient (Wildman–Crippen LogP) is 1.15. The number of hydrogen-bond donors (Lipinski definition) is 4. The van der Waals surface area contributed by atoms with E-state index in [2.05, 4.69) is 16.0 Å². The molecule has 0 aliphatic carbocycles. The molecule has 0 saturated carbocycles. The summed E-state index contributed by atoms with van der Waals surface area (Å²) in [6.07, 6.45) is 4.86. The van der Waals surface area contributed by atoms with Crippen molar-refractivity contribution in [3.63, 3.8) is 0 Å². The summed E-state index contributed by atoms with van der Waals surface area (Å²) in [7, 11) is 1.72. The molecule has 1 heterocycles. The van der Waals surface area contributed by atoms with Crippen LogP contribution in [0.4, 0.5) is 0 Å². The largest absolute Gasteiger partial charge is 0.345 e. The first kappa shape index (κ1) is 29.5. The molecule has 36 heavy (non-hydrogen) atoms. The van der Waals surface area contributed by atoms with Crippen LogP contribution < -0.4 is 21.7 Å². The third-order valence-corrected chi connectivity index (χ3v) is 6.56. The summed E-state index contributed by atoms with van der Waals surface area (Å²) in [5, 5.41) is 8.78. The maximum absolute atomic E-state index is 13.6. The van der Waals surface area contributed by atoms with E-state index in [0.29, 0.717) is 51.6 Å². The molecule has 0 spiro atoms. The molecule has 4 atom stereocenters.